The zero-order chi connectivity index (χ0) is 18.1. The fraction of sp³-hybridized carbons (Fsp3) is 0.875. The number of amides is 1. The zero-order valence-electron chi connectivity index (χ0n) is 15.0. The van der Waals surface area contributed by atoms with Gasteiger partial charge in [-0.15, -0.1) is 0 Å². The van der Waals surface area contributed by atoms with Crippen molar-refractivity contribution in [1.82, 2.24) is 5.32 Å². The Morgan fingerprint density at radius 2 is 1.29 bits per heavy atom. The van der Waals surface area contributed by atoms with Gasteiger partial charge in [0.05, 0.1) is 59.3 Å². The summed E-state index contributed by atoms with van der Waals surface area (Å²) in [5, 5.41) is 2.50. The topological polar surface area (TPSA) is 92.3 Å². The number of hydrogen-bond donors (Lipinski definition) is 1. The van der Waals surface area contributed by atoms with E-state index in [1.54, 1.807) is 0 Å². The molecule has 1 amide bonds. The van der Waals surface area contributed by atoms with Gasteiger partial charge >= 0.3 is 5.97 Å². The fourth-order valence-corrected chi connectivity index (χ4v) is 1.50. The third-order valence-corrected chi connectivity index (χ3v) is 2.46. The highest BCUT2D eigenvalue weighted by Gasteiger charge is 2.15. The molecule has 0 rings (SSSR count). The number of rotatable bonds is 16. The summed E-state index contributed by atoms with van der Waals surface area (Å²) in [5.41, 5.74) is -0.461. The van der Waals surface area contributed by atoms with Crippen molar-refractivity contribution in [1.29, 1.82) is 0 Å². The van der Waals surface area contributed by atoms with E-state index in [2.05, 4.69) is 5.32 Å². The summed E-state index contributed by atoms with van der Waals surface area (Å²) >= 11 is 0. The van der Waals surface area contributed by atoms with Crippen LogP contribution in [0.15, 0.2) is 0 Å². The average Bonchev–Trinajstić information content (AvgIpc) is 2.49. The van der Waals surface area contributed by atoms with Crippen molar-refractivity contribution in [3.05, 3.63) is 0 Å². The molecular formula is C16H31NO7. The summed E-state index contributed by atoms with van der Waals surface area (Å²) < 4.78 is 26.3. The van der Waals surface area contributed by atoms with Gasteiger partial charge < -0.3 is 29.0 Å². The molecule has 8 nitrogen and oxygen atoms in total. The number of esters is 1. The molecule has 0 saturated carbocycles. The highest BCUT2D eigenvalue weighted by atomic mass is 16.6. The van der Waals surface area contributed by atoms with Crippen molar-refractivity contribution in [3.8, 4) is 0 Å². The molecule has 0 aromatic heterocycles. The van der Waals surface area contributed by atoms with Crippen LogP contribution in [0.1, 0.15) is 27.2 Å². The van der Waals surface area contributed by atoms with E-state index in [9.17, 15) is 9.59 Å². The Balaban J connectivity index is 3.15. The maximum absolute atomic E-state index is 11.4. The summed E-state index contributed by atoms with van der Waals surface area (Å²) in [6.07, 6.45) is 0.876. The van der Waals surface area contributed by atoms with Crippen LogP contribution in [0.2, 0.25) is 0 Å². The van der Waals surface area contributed by atoms with Gasteiger partial charge in [-0.3, -0.25) is 9.59 Å². The van der Waals surface area contributed by atoms with Gasteiger partial charge in [0.2, 0.25) is 6.41 Å². The van der Waals surface area contributed by atoms with Crippen molar-refractivity contribution >= 4 is 12.4 Å². The van der Waals surface area contributed by atoms with Crippen LogP contribution in [-0.2, 0) is 33.3 Å². The molecule has 0 spiro atoms. The van der Waals surface area contributed by atoms with Crippen molar-refractivity contribution < 1.29 is 33.3 Å². The van der Waals surface area contributed by atoms with Gasteiger partial charge in [0.15, 0.2) is 0 Å². The number of hydrogen-bond acceptors (Lipinski definition) is 7. The van der Waals surface area contributed by atoms with Gasteiger partial charge in [-0.2, -0.15) is 0 Å². The van der Waals surface area contributed by atoms with Crippen molar-refractivity contribution in [2.75, 3.05) is 59.4 Å². The Morgan fingerprint density at radius 3 is 1.75 bits per heavy atom. The molecular weight excluding hydrogens is 318 g/mol. The molecule has 0 saturated heterocycles. The lowest BCUT2D eigenvalue weighted by Gasteiger charge is -2.19. The molecule has 0 unspecified atom stereocenters. The predicted octanol–water partition coefficient (Wildman–Crippen LogP) is 0.531. The molecule has 0 aliphatic rings. The van der Waals surface area contributed by atoms with Crippen LogP contribution in [0.4, 0.5) is 0 Å². The Labute approximate surface area is 144 Å². The molecule has 0 bridgehead atoms. The Hall–Kier alpha value is -1.22. The van der Waals surface area contributed by atoms with E-state index in [4.69, 9.17) is 23.7 Å². The molecule has 8 heteroatoms. The highest BCUT2D eigenvalue weighted by molar-refractivity contribution is 5.69. The monoisotopic (exact) mass is 349 g/mol. The number of carbonyl (C=O) groups excluding carboxylic acids is 2. The average molecular weight is 349 g/mol. The molecule has 0 aromatic carbocycles. The van der Waals surface area contributed by atoms with E-state index in [0.29, 0.717) is 65.8 Å². The molecule has 0 aromatic rings. The molecule has 0 radical (unpaired) electrons. The van der Waals surface area contributed by atoms with Gasteiger partial charge in [-0.05, 0) is 20.8 Å². The molecule has 0 fully saturated rings. The molecule has 1 N–H and O–H groups in total. The summed E-state index contributed by atoms with van der Waals surface area (Å²) in [5.74, 6) is -0.263. The third kappa shape index (κ3) is 18.8. The van der Waals surface area contributed by atoms with Crippen LogP contribution >= 0.6 is 0 Å². The van der Waals surface area contributed by atoms with Gasteiger partial charge in [0.25, 0.3) is 0 Å². The van der Waals surface area contributed by atoms with E-state index < -0.39 is 5.60 Å². The van der Waals surface area contributed by atoms with Crippen LogP contribution in [0.3, 0.4) is 0 Å². The maximum atomic E-state index is 11.4. The number of carbonyl (C=O) groups is 2. The van der Waals surface area contributed by atoms with Crippen LogP contribution < -0.4 is 5.32 Å². The molecule has 142 valence electrons. The quantitative estimate of drug-likeness (QED) is 0.247. The zero-order valence-corrected chi connectivity index (χ0v) is 15.0. The summed E-state index contributed by atoms with van der Waals surface area (Å²) in [6, 6.07) is 0. The standard InChI is InChI=1S/C16H31NO7/c1-16(2,3)24-15(19)4-6-20-8-10-22-12-13-23-11-9-21-7-5-17-14-18/h14H,4-13H2,1-3H3,(H,17,18). The van der Waals surface area contributed by atoms with Crippen molar-refractivity contribution in [3.63, 3.8) is 0 Å². The SMILES string of the molecule is CC(C)(C)OC(=O)CCOCCOCCOCCOCCNC=O. The second-order valence-corrected chi connectivity index (χ2v) is 5.86. The van der Waals surface area contributed by atoms with Crippen LogP contribution in [-0.4, -0.2) is 77.4 Å². The van der Waals surface area contributed by atoms with Gasteiger partial charge in [-0.1, -0.05) is 0 Å². The first-order chi connectivity index (χ1) is 11.5. The van der Waals surface area contributed by atoms with E-state index in [1.165, 1.54) is 0 Å². The number of ether oxygens (including phenoxy) is 5. The largest absolute Gasteiger partial charge is 0.460 e. The third-order valence-electron chi connectivity index (χ3n) is 2.46. The van der Waals surface area contributed by atoms with E-state index in [1.807, 2.05) is 20.8 Å². The molecule has 0 atom stereocenters. The Morgan fingerprint density at radius 1 is 0.833 bits per heavy atom. The van der Waals surface area contributed by atoms with E-state index >= 15 is 0 Å². The lowest BCUT2D eigenvalue weighted by molar-refractivity contribution is -0.156. The Kier molecular flexibility index (Phi) is 14.5. The minimum atomic E-state index is -0.461. The maximum Gasteiger partial charge on any atom is 0.308 e. The van der Waals surface area contributed by atoms with Crippen molar-refractivity contribution in [2.24, 2.45) is 0 Å². The fourth-order valence-electron chi connectivity index (χ4n) is 1.50. The second-order valence-electron chi connectivity index (χ2n) is 5.86. The van der Waals surface area contributed by atoms with Crippen molar-refractivity contribution in [2.45, 2.75) is 32.8 Å². The first kappa shape index (κ1) is 22.8. The highest BCUT2D eigenvalue weighted by Crippen LogP contribution is 2.07. The first-order valence-electron chi connectivity index (χ1n) is 8.15. The van der Waals surface area contributed by atoms with Gasteiger partial charge in [0.1, 0.15) is 5.60 Å². The summed E-state index contributed by atoms with van der Waals surface area (Å²) in [4.78, 5) is 21.4. The summed E-state index contributed by atoms with van der Waals surface area (Å²) in [6.45, 7) is 9.59. The minimum Gasteiger partial charge on any atom is -0.460 e. The van der Waals surface area contributed by atoms with Gasteiger partial charge in [0, 0.05) is 6.54 Å². The van der Waals surface area contributed by atoms with Crippen LogP contribution in [0, 0.1) is 0 Å². The second kappa shape index (κ2) is 15.3. The normalized spacial score (nSPS) is 11.3. The van der Waals surface area contributed by atoms with E-state index in [-0.39, 0.29) is 12.4 Å². The van der Waals surface area contributed by atoms with Gasteiger partial charge in [-0.25, -0.2) is 0 Å². The van der Waals surface area contributed by atoms with E-state index in [0.717, 1.165) is 0 Å². The smallest absolute Gasteiger partial charge is 0.308 e. The molecule has 0 heterocycles. The number of nitrogens with one attached hydrogen (secondary N) is 1. The summed E-state index contributed by atoms with van der Waals surface area (Å²) in [7, 11) is 0. The molecule has 24 heavy (non-hydrogen) atoms. The molecule has 0 aliphatic heterocycles. The Bertz CT molecular complexity index is 318. The molecule has 0 aliphatic carbocycles. The first-order valence-corrected chi connectivity index (χ1v) is 8.15. The lowest BCUT2D eigenvalue weighted by Crippen LogP contribution is -2.24. The lowest BCUT2D eigenvalue weighted by atomic mass is 10.2. The predicted molar refractivity (Wildman–Crippen MR) is 87.8 cm³/mol. The minimum absolute atomic E-state index is 0.239. The van der Waals surface area contributed by atoms with Crippen LogP contribution in [0.25, 0.3) is 0 Å². The van der Waals surface area contributed by atoms with Crippen LogP contribution in [0.5, 0.6) is 0 Å².